The van der Waals surface area contributed by atoms with Crippen molar-refractivity contribution in [1.82, 2.24) is 19.5 Å². The SMILES string of the molecule is CC#Cc1nc2c(Cl)nc(-c3cccs3)nc2n1[C@@H]1OC[C@@H](OC(C)=O)[C@H]1OC(C)=O. The molecule has 3 atom stereocenters. The number of carbonyl (C=O) groups is 2. The summed E-state index contributed by atoms with van der Waals surface area (Å²) in [5.74, 6) is 5.37. The summed E-state index contributed by atoms with van der Waals surface area (Å²) in [7, 11) is 0. The van der Waals surface area contributed by atoms with Crippen LogP contribution in [-0.2, 0) is 23.8 Å². The Morgan fingerprint density at radius 1 is 1.26 bits per heavy atom. The smallest absolute Gasteiger partial charge is 0.303 e. The zero-order valence-electron chi connectivity index (χ0n) is 16.8. The van der Waals surface area contributed by atoms with Crippen molar-refractivity contribution in [1.29, 1.82) is 0 Å². The van der Waals surface area contributed by atoms with Gasteiger partial charge in [-0.3, -0.25) is 14.2 Å². The number of hydrogen-bond donors (Lipinski definition) is 0. The molecule has 0 radical (unpaired) electrons. The lowest BCUT2D eigenvalue weighted by molar-refractivity contribution is -0.164. The molecule has 3 aromatic rings. The monoisotopic (exact) mass is 460 g/mol. The van der Waals surface area contributed by atoms with Crippen molar-refractivity contribution in [2.24, 2.45) is 0 Å². The molecule has 1 fully saturated rings. The van der Waals surface area contributed by atoms with Crippen molar-refractivity contribution in [3.8, 4) is 22.5 Å². The first-order chi connectivity index (χ1) is 14.9. The number of nitrogens with zero attached hydrogens (tertiary/aromatic N) is 4. The molecule has 0 N–H and O–H groups in total. The predicted octanol–water partition coefficient (Wildman–Crippen LogP) is 2.97. The molecule has 1 aliphatic heterocycles. The van der Waals surface area contributed by atoms with E-state index >= 15 is 0 Å². The maximum Gasteiger partial charge on any atom is 0.303 e. The number of ether oxygens (including phenoxy) is 3. The van der Waals surface area contributed by atoms with E-state index in [4.69, 9.17) is 25.8 Å². The first-order valence-corrected chi connectivity index (χ1v) is 10.5. The van der Waals surface area contributed by atoms with Crippen LogP contribution in [0.3, 0.4) is 0 Å². The van der Waals surface area contributed by atoms with Gasteiger partial charge in [0.2, 0.25) is 0 Å². The summed E-state index contributed by atoms with van der Waals surface area (Å²) in [6.45, 7) is 4.23. The lowest BCUT2D eigenvalue weighted by atomic mass is 10.2. The average Bonchev–Trinajstić information content (AvgIpc) is 3.42. The quantitative estimate of drug-likeness (QED) is 0.332. The van der Waals surface area contributed by atoms with Crippen LogP contribution in [0.4, 0.5) is 0 Å². The minimum atomic E-state index is -0.921. The lowest BCUT2D eigenvalue weighted by Gasteiger charge is -2.23. The Hall–Kier alpha value is -3.00. The van der Waals surface area contributed by atoms with Crippen LogP contribution in [0.5, 0.6) is 0 Å². The molecule has 0 amide bonds. The molecule has 4 heterocycles. The molecule has 0 unspecified atom stereocenters. The lowest BCUT2D eigenvalue weighted by Crippen LogP contribution is -2.36. The number of fused-ring (bicyclic) bond motifs is 1. The third-order valence-corrected chi connectivity index (χ3v) is 5.56. The molecule has 1 aliphatic rings. The van der Waals surface area contributed by atoms with E-state index in [0.29, 0.717) is 22.8 Å². The number of carbonyl (C=O) groups excluding carboxylic acids is 2. The van der Waals surface area contributed by atoms with Crippen molar-refractivity contribution in [2.75, 3.05) is 6.61 Å². The van der Waals surface area contributed by atoms with Crippen LogP contribution in [0.1, 0.15) is 32.8 Å². The Morgan fingerprint density at radius 2 is 2.03 bits per heavy atom. The number of hydrogen-bond acceptors (Lipinski definition) is 9. The van der Waals surface area contributed by atoms with E-state index in [9.17, 15) is 9.59 Å². The molecule has 9 nitrogen and oxygen atoms in total. The number of esters is 2. The number of halogens is 1. The highest BCUT2D eigenvalue weighted by atomic mass is 35.5. The van der Waals surface area contributed by atoms with Gasteiger partial charge in [-0.1, -0.05) is 23.6 Å². The molecule has 160 valence electrons. The molecule has 0 aromatic carbocycles. The van der Waals surface area contributed by atoms with Crippen LogP contribution >= 0.6 is 22.9 Å². The summed E-state index contributed by atoms with van der Waals surface area (Å²) in [5, 5.41) is 2.06. The summed E-state index contributed by atoms with van der Waals surface area (Å²) >= 11 is 7.89. The molecule has 4 rings (SSSR count). The van der Waals surface area contributed by atoms with Gasteiger partial charge in [-0.25, -0.2) is 15.0 Å². The third kappa shape index (κ3) is 4.12. The number of aromatic nitrogens is 4. The molecule has 0 saturated carbocycles. The maximum atomic E-state index is 11.8. The van der Waals surface area contributed by atoms with E-state index in [1.54, 1.807) is 11.5 Å². The van der Waals surface area contributed by atoms with Crippen LogP contribution in [0.25, 0.3) is 21.9 Å². The van der Waals surface area contributed by atoms with E-state index in [0.717, 1.165) is 4.88 Å². The molecule has 11 heteroatoms. The van der Waals surface area contributed by atoms with Crippen molar-refractivity contribution in [2.45, 2.75) is 39.2 Å². The topological polar surface area (TPSA) is 105 Å². The van der Waals surface area contributed by atoms with E-state index in [2.05, 4.69) is 26.8 Å². The van der Waals surface area contributed by atoms with Gasteiger partial charge in [0.1, 0.15) is 5.52 Å². The predicted molar refractivity (Wildman–Crippen MR) is 112 cm³/mol. The van der Waals surface area contributed by atoms with E-state index in [1.165, 1.54) is 25.2 Å². The van der Waals surface area contributed by atoms with Crippen molar-refractivity contribution >= 4 is 46.0 Å². The second-order valence-corrected chi connectivity index (χ2v) is 7.92. The standard InChI is InChI=1S/C20H17ClN4O5S/c1-4-6-14-22-15-17(21)23-18(13-7-5-8-31-13)24-19(15)25(14)20-16(30-11(3)27)12(9-28-20)29-10(2)26/h5,7-8,12,16,20H,9H2,1-3H3/t12-,16-,20-/m1/s1. The molecule has 3 aromatic heterocycles. The molecule has 0 aliphatic carbocycles. The van der Waals surface area contributed by atoms with Crippen LogP contribution in [-0.4, -0.2) is 50.3 Å². The second-order valence-electron chi connectivity index (χ2n) is 6.61. The van der Waals surface area contributed by atoms with Crippen molar-refractivity contribution in [3.05, 3.63) is 28.5 Å². The fraction of sp³-hybridized carbons (Fsp3) is 0.350. The van der Waals surface area contributed by atoms with Gasteiger partial charge < -0.3 is 14.2 Å². The van der Waals surface area contributed by atoms with Gasteiger partial charge in [0.05, 0.1) is 11.5 Å². The average molecular weight is 461 g/mol. The summed E-state index contributed by atoms with van der Waals surface area (Å²) in [6.07, 6.45) is -2.59. The molecule has 1 saturated heterocycles. The fourth-order valence-corrected chi connectivity index (χ4v) is 4.19. The molecule has 0 spiro atoms. The Kier molecular flexibility index (Phi) is 5.91. The van der Waals surface area contributed by atoms with Crippen molar-refractivity contribution < 1.29 is 23.8 Å². The van der Waals surface area contributed by atoms with E-state index in [1.807, 2.05) is 17.5 Å². The van der Waals surface area contributed by atoms with Crippen LogP contribution in [0.2, 0.25) is 5.15 Å². The van der Waals surface area contributed by atoms with Crippen LogP contribution in [0.15, 0.2) is 17.5 Å². The zero-order chi connectivity index (χ0) is 22.1. The summed E-state index contributed by atoms with van der Waals surface area (Å²) in [6, 6.07) is 3.76. The van der Waals surface area contributed by atoms with Gasteiger partial charge in [-0.05, 0) is 24.3 Å². The highest BCUT2D eigenvalue weighted by molar-refractivity contribution is 7.13. The molecule has 31 heavy (non-hydrogen) atoms. The first kappa shape index (κ1) is 21.2. The summed E-state index contributed by atoms with van der Waals surface area (Å²) in [5.41, 5.74) is 0.701. The van der Waals surface area contributed by atoms with Gasteiger partial charge >= 0.3 is 11.9 Å². The number of thiophene rings is 1. The minimum absolute atomic E-state index is 0.0253. The molecule has 0 bridgehead atoms. The maximum absolute atomic E-state index is 11.8. The second kappa shape index (κ2) is 8.63. The van der Waals surface area contributed by atoms with Crippen LogP contribution < -0.4 is 0 Å². The third-order valence-electron chi connectivity index (χ3n) is 4.43. The normalized spacial score (nSPS) is 20.3. The highest BCUT2D eigenvalue weighted by Gasteiger charge is 2.45. The summed E-state index contributed by atoms with van der Waals surface area (Å²) in [4.78, 5) is 37.6. The van der Waals surface area contributed by atoms with Crippen molar-refractivity contribution in [3.63, 3.8) is 0 Å². The van der Waals surface area contributed by atoms with Gasteiger partial charge in [-0.2, -0.15) is 0 Å². The number of imidazole rings is 1. The Bertz CT molecular complexity index is 1210. The summed E-state index contributed by atoms with van der Waals surface area (Å²) < 4.78 is 18.3. The fourth-order valence-electron chi connectivity index (χ4n) is 3.33. The Morgan fingerprint density at radius 3 is 2.68 bits per heavy atom. The van der Waals surface area contributed by atoms with Gasteiger partial charge in [-0.15, -0.1) is 11.3 Å². The molecular formula is C20H17ClN4O5S. The molecular weight excluding hydrogens is 444 g/mol. The number of rotatable bonds is 4. The minimum Gasteiger partial charge on any atom is -0.456 e. The van der Waals surface area contributed by atoms with Crippen LogP contribution in [0, 0.1) is 11.8 Å². The van der Waals surface area contributed by atoms with Gasteiger partial charge in [0, 0.05) is 13.8 Å². The largest absolute Gasteiger partial charge is 0.456 e. The van der Waals surface area contributed by atoms with E-state index in [-0.39, 0.29) is 11.8 Å². The first-order valence-electron chi connectivity index (χ1n) is 9.27. The van der Waals surface area contributed by atoms with Gasteiger partial charge in [0.15, 0.2) is 40.9 Å². The Labute approximate surface area is 186 Å². The van der Waals surface area contributed by atoms with E-state index < -0.39 is 30.4 Å². The highest BCUT2D eigenvalue weighted by Crippen LogP contribution is 2.35. The Balaban J connectivity index is 1.89. The van der Waals surface area contributed by atoms with Gasteiger partial charge in [0.25, 0.3) is 0 Å². The zero-order valence-corrected chi connectivity index (χ0v) is 18.4.